The zero-order valence-corrected chi connectivity index (χ0v) is 39.5. The zero-order valence-electron chi connectivity index (χ0n) is 33.8. The van der Waals surface area contributed by atoms with Crippen LogP contribution in [0.2, 0.25) is 17.7 Å². The van der Waals surface area contributed by atoms with E-state index in [4.69, 9.17) is 30.0 Å². The molecule has 0 amide bonds. The summed E-state index contributed by atoms with van der Waals surface area (Å²) >= 11 is 0.299. The van der Waals surface area contributed by atoms with Crippen molar-refractivity contribution >= 4 is 78.1 Å². The predicted molar refractivity (Wildman–Crippen MR) is 213 cm³/mol. The maximum Gasteiger partial charge on any atom is 0.332 e. The second-order valence-electron chi connectivity index (χ2n) is 11.8. The van der Waals surface area contributed by atoms with Crippen LogP contribution in [0.1, 0.15) is 104 Å². The Morgan fingerprint density at radius 1 is 0.536 bits per heavy atom. The molecule has 308 valence electrons. The molecule has 0 saturated heterocycles. The van der Waals surface area contributed by atoms with Gasteiger partial charge in [0.25, 0.3) is 0 Å². The Bertz CT molecular complexity index is 1250. The van der Waals surface area contributed by atoms with Gasteiger partial charge in [0.15, 0.2) is 0 Å². The summed E-state index contributed by atoms with van der Waals surface area (Å²) < 4.78 is 6.50. The van der Waals surface area contributed by atoms with Crippen molar-refractivity contribution in [1.29, 1.82) is 0 Å². The Morgan fingerprint density at radius 2 is 0.839 bits per heavy atom. The molecule has 0 aliphatic rings. The van der Waals surface area contributed by atoms with E-state index in [1.165, 1.54) is 51.4 Å². The number of unbranched alkanes of at least 4 members (excludes halogenated alkanes) is 4. The maximum atomic E-state index is 10.7. The third-order valence-corrected chi connectivity index (χ3v) is 14.5. The minimum atomic E-state index is -1.54. The second kappa shape index (κ2) is 44.1. The van der Waals surface area contributed by atoms with Gasteiger partial charge in [0, 0.05) is 30.0 Å². The first kappa shape index (κ1) is 59.0. The van der Waals surface area contributed by atoms with E-state index in [1.54, 1.807) is 72.3 Å². The Hall–Kier alpha value is -3.66. The number of rotatable bonds is 20. The van der Waals surface area contributed by atoms with Crippen molar-refractivity contribution in [3.8, 4) is 0 Å². The number of carboxylic acids is 6. The Balaban J connectivity index is -0.000000309. The van der Waals surface area contributed by atoms with Crippen LogP contribution in [0.4, 0.5) is 0 Å². The first-order valence-corrected chi connectivity index (χ1v) is 26.7. The molecule has 0 aliphatic carbocycles. The molecule has 0 radical (unpaired) electrons. The molecule has 56 heavy (non-hydrogen) atoms. The topological polar surface area (TPSA) is 235 Å². The Morgan fingerprint density at radius 3 is 1.07 bits per heavy atom. The quantitative estimate of drug-likeness (QED) is 0.110. The molecule has 0 bridgehead atoms. The zero-order chi connectivity index (χ0) is 43.6. The molecule has 0 heterocycles. The summed E-state index contributed by atoms with van der Waals surface area (Å²) in [6.07, 6.45) is 13.1. The summed E-state index contributed by atoms with van der Waals surface area (Å²) in [7, 11) is 0. The van der Waals surface area contributed by atoms with Gasteiger partial charge in [0.2, 0.25) is 0 Å². The van der Waals surface area contributed by atoms with Crippen molar-refractivity contribution in [1.82, 2.24) is 0 Å². The minimum absolute atomic E-state index is 0.0111. The first-order chi connectivity index (χ1) is 26.5. The van der Waals surface area contributed by atoms with Gasteiger partial charge in [-0.15, -0.1) is 0 Å². The summed E-state index contributed by atoms with van der Waals surface area (Å²) in [4.78, 5) is 59.6. The van der Waals surface area contributed by atoms with Gasteiger partial charge < -0.3 is 49.8 Å². The van der Waals surface area contributed by atoms with Crippen LogP contribution in [-0.2, 0) is 41.6 Å². The fourth-order valence-electron chi connectivity index (χ4n) is 3.75. The van der Waals surface area contributed by atoms with Gasteiger partial charge in [-0.2, -0.15) is 0 Å². The van der Waals surface area contributed by atoms with Crippen LogP contribution in [0.5, 0.6) is 0 Å². The molecule has 2 aromatic rings. The number of carbonyl (C=O) groups excluding carboxylic acids is 4. The van der Waals surface area contributed by atoms with Crippen LogP contribution < -0.4 is 20.4 Å². The van der Waals surface area contributed by atoms with Gasteiger partial charge in [-0.3, -0.25) is 0 Å². The van der Waals surface area contributed by atoms with E-state index in [0.717, 1.165) is 25.5 Å². The molecule has 0 spiro atoms. The number of carboxylic acid groups (broad SMARTS) is 6. The van der Waals surface area contributed by atoms with E-state index in [0.29, 0.717) is 11.6 Å². The summed E-state index contributed by atoms with van der Waals surface area (Å²) in [5.74, 6) is -7.65. The molecule has 0 aromatic heterocycles. The Kier molecular flexibility index (Phi) is 46.4. The van der Waals surface area contributed by atoms with Crippen molar-refractivity contribution in [2.45, 2.75) is 123 Å². The summed E-state index contributed by atoms with van der Waals surface area (Å²) in [5.41, 5.74) is 1.04. The van der Waals surface area contributed by atoms with Gasteiger partial charge in [0.05, 0.1) is 11.9 Å². The summed E-state index contributed by atoms with van der Waals surface area (Å²) in [5, 5.41) is 55.8. The molecule has 2 rings (SSSR count). The third-order valence-electron chi connectivity index (χ3n) is 6.43. The van der Waals surface area contributed by atoms with Crippen LogP contribution in [0.25, 0.3) is 0 Å². The molecule has 14 heteroatoms. The van der Waals surface area contributed by atoms with Crippen LogP contribution >= 0.6 is 0 Å². The normalized spacial score (nSPS) is 9.75. The van der Waals surface area contributed by atoms with Gasteiger partial charge in [0.1, 0.15) is 0 Å². The molecular weight excluding hydrogens is 934 g/mol. The number of hydrogen-bond acceptors (Lipinski definition) is 10. The van der Waals surface area contributed by atoms with E-state index in [9.17, 15) is 29.4 Å². The van der Waals surface area contributed by atoms with E-state index in [1.807, 2.05) is 6.07 Å². The fraction of sp³-hybridized carbons (Fsp3) is 0.476. The maximum absolute atomic E-state index is 10.7. The molecule has 2 N–H and O–H groups in total. The second-order valence-corrected chi connectivity index (χ2v) is 20.4. The van der Waals surface area contributed by atoms with Crippen molar-refractivity contribution < 1.29 is 59.4 Å². The van der Waals surface area contributed by atoms with Gasteiger partial charge >= 0.3 is 151 Å². The minimum Gasteiger partial charge on any atom is -0.545 e. The average molecular weight is 994 g/mol. The molecule has 0 aliphatic heterocycles. The number of aliphatic carboxylic acids is 6. The smallest absolute Gasteiger partial charge is 0.332 e. The van der Waals surface area contributed by atoms with Gasteiger partial charge in [-0.1, -0.05) is 60.7 Å². The monoisotopic (exact) mass is 996 g/mol. The van der Waals surface area contributed by atoms with Gasteiger partial charge in [-0.25, -0.2) is 9.59 Å². The molecule has 0 unspecified atom stereocenters. The Labute approximate surface area is 354 Å². The predicted octanol–water partition coefficient (Wildman–Crippen LogP) is 3.75. The third kappa shape index (κ3) is 52.4. The molecule has 0 saturated carbocycles. The number of hydrogen-bond donors (Lipinski definition) is 2. The van der Waals surface area contributed by atoms with E-state index in [-0.39, 0.29) is 66.3 Å². The van der Waals surface area contributed by atoms with Crippen molar-refractivity contribution in [2.75, 3.05) is 0 Å². The molecule has 12 nitrogen and oxygen atoms in total. The van der Waals surface area contributed by atoms with Crippen LogP contribution in [-0.4, -0.2) is 88.3 Å². The fourth-order valence-corrected chi connectivity index (χ4v) is 12.1. The molecule has 0 fully saturated rings. The van der Waals surface area contributed by atoms with E-state index < -0.39 is 35.8 Å². The molecule has 2 aromatic carbocycles. The van der Waals surface area contributed by atoms with Crippen molar-refractivity contribution in [3.63, 3.8) is 0 Å². The summed E-state index contributed by atoms with van der Waals surface area (Å²) in [6, 6.07) is 17.5. The summed E-state index contributed by atoms with van der Waals surface area (Å²) in [6.45, 7) is 11.1. The largest absolute Gasteiger partial charge is 0.545 e. The number of benzene rings is 2. The van der Waals surface area contributed by atoms with Crippen LogP contribution in [0.3, 0.4) is 0 Å². The first-order valence-electron chi connectivity index (χ1n) is 18.6. The van der Waals surface area contributed by atoms with Gasteiger partial charge in [-0.05, 0) is 43.0 Å². The number of carbonyl (C=O) groups is 6. The SMILES string of the molecule is CC(=O)[O-].CC(=O)[O-].CCC[CH2][Sn+2][CH2]CCC.CCC[CH2][Sn+2][CH2]CCC.O=C(O)/C=C(/Cc1ccccc1)C(=O)O.O=C([O-])/C=C(/Cc1ccccc1)C(=O)[O-]. The van der Waals surface area contributed by atoms with Crippen molar-refractivity contribution in [2.24, 2.45) is 0 Å². The molecule has 0 atom stereocenters. The van der Waals surface area contributed by atoms with E-state index in [2.05, 4.69) is 27.7 Å². The van der Waals surface area contributed by atoms with Crippen LogP contribution in [0.15, 0.2) is 84.0 Å². The van der Waals surface area contributed by atoms with E-state index >= 15 is 0 Å². The standard InChI is InChI=1S/2C11H10O4.4C4H9.2C2H4O2.2Sn/c2*12-10(13)7-9(11(14)15)6-8-4-2-1-3-5-8;4*1-3-4-2;2*1-2(3)4;;/h2*1-5,7H,6H2,(H,12,13)(H,14,15);4*1,3-4H2,2H3;2*1H3,(H,3,4);;/q;;;;;;;;2*+2/p-4/b2*9-7-;;;;;;;;. The van der Waals surface area contributed by atoms with Crippen molar-refractivity contribution in [3.05, 3.63) is 95.1 Å². The molecular formula is C42H60O12Sn2. The average Bonchev–Trinajstić information content (AvgIpc) is 3.12. The van der Waals surface area contributed by atoms with Crippen LogP contribution in [0, 0.1) is 0 Å².